The van der Waals surface area contributed by atoms with Crippen LogP contribution in [0.25, 0.3) is 0 Å². The van der Waals surface area contributed by atoms with Crippen molar-refractivity contribution in [2.24, 2.45) is 17.3 Å². The Hall–Kier alpha value is -1.05. The van der Waals surface area contributed by atoms with Gasteiger partial charge in [-0.2, -0.15) is 0 Å². The summed E-state index contributed by atoms with van der Waals surface area (Å²) >= 11 is 0. The van der Waals surface area contributed by atoms with Crippen molar-refractivity contribution in [1.82, 2.24) is 0 Å². The maximum absolute atomic E-state index is 10.7. The first-order valence-corrected chi connectivity index (χ1v) is 6.53. The van der Waals surface area contributed by atoms with Gasteiger partial charge in [0.1, 0.15) is 0 Å². The maximum Gasteiger partial charge on any atom is 0.330 e. The van der Waals surface area contributed by atoms with Gasteiger partial charge in [-0.25, -0.2) is 4.79 Å². The average molecular weight is 234 g/mol. The third-order valence-electron chi connectivity index (χ3n) is 5.03. The molecule has 0 saturated heterocycles. The summed E-state index contributed by atoms with van der Waals surface area (Å²) in [6, 6.07) is 0. The van der Waals surface area contributed by atoms with E-state index in [4.69, 9.17) is 5.11 Å². The number of fused-ring (bicyclic) bond motifs is 2. The van der Waals surface area contributed by atoms with Crippen LogP contribution in [0, 0.1) is 17.3 Å². The van der Waals surface area contributed by atoms with Gasteiger partial charge < -0.3 is 5.11 Å². The molecule has 3 fully saturated rings. The molecule has 0 aromatic rings. The van der Waals surface area contributed by atoms with Gasteiger partial charge in [-0.05, 0) is 56.3 Å². The molecule has 0 aliphatic heterocycles. The molecule has 1 N–H and O–H groups in total. The van der Waals surface area contributed by atoms with Crippen molar-refractivity contribution < 1.29 is 9.90 Å². The smallest absolute Gasteiger partial charge is 0.330 e. The summed E-state index contributed by atoms with van der Waals surface area (Å²) in [5, 5.41) is 8.80. The van der Waals surface area contributed by atoms with Crippen molar-refractivity contribution in [3.05, 3.63) is 23.8 Å². The van der Waals surface area contributed by atoms with Crippen molar-refractivity contribution in [3.8, 4) is 0 Å². The van der Waals surface area contributed by atoms with Crippen LogP contribution in [0.2, 0.25) is 0 Å². The lowest BCUT2D eigenvalue weighted by molar-refractivity contribution is -0.132. The Balaban J connectivity index is 1.94. The van der Waals surface area contributed by atoms with E-state index in [0.29, 0.717) is 16.9 Å². The Bertz CT molecular complexity index is 378. The molecule has 0 heterocycles. The second kappa shape index (κ2) is 4.32. The number of allylic oxidation sites excluding steroid dienone is 2. The Labute approximate surface area is 103 Å². The number of rotatable bonds is 4. The van der Waals surface area contributed by atoms with Crippen molar-refractivity contribution in [1.29, 1.82) is 0 Å². The Kier molecular flexibility index (Phi) is 3.15. The van der Waals surface area contributed by atoms with Gasteiger partial charge in [0.2, 0.25) is 0 Å². The third-order valence-corrected chi connectivity index (χ3v) is 5.03. The summed E-state index contributed by atoms with van der Waals surface area (Å²) in [7, 11) is 0. The highest BCUT2D eigenvalue weighted by atomic mass is 16.4. The standard InChI is InChI=1S/C15H22O2/c1-10-6-7-12-9-13(10)15(12,3)8-4-5-11(2)14(16)17/h5,12-13H,1,4,6-9H2,2-3H3,(H,16,17). The van der Waals surface area contributed by atoms with E-state index >= 15 is 0 Å². The molecule has 0 aromatic heterocycles. The second-order valence-electron chi connectivity index (χ2n) is 5.92. The molecule has 0 aromatic carbocycles. The Morgan fingerprint density at radius 2 is 2.35 bits per heavy atom. The lowest BCUT2D eigenvalue weighted by Gasteiger charge is -2.59. The first kappa shape index (κ1) is 12.4. The molecule has 94 valence electrons. The molecular weight excluding hydrogens is 212 g/mol. The van der Waals surface area contributed by atoms with Crippen LogP contribution in [-0.4, -0.2) is 11.1 Å². The number of carboxylic acid groups (broad SMARTS) is 1. The van der Waals surface area contributed by atoms with E-state index in [-0.39, 0.29) is 0 Å². The zero-order valence-electron chi connectivity index (χ0n) is 10.8. The van der Waals surface area contributed by atoms with Crippen LogP contribution < -0.4 is 0 Å². The largest absolute Gasteiger partial charge is 0.478 e. The van der Waals surface area contributed by atoms with E-state index in [0.717, 1.165) is 18.8 Å². The van der Waals surface area contributed by atoms with Crippen LogP contribution >= 0.6 is 0 Å². The summed E-state index contributed by atoms with van der Waals surface area (Å²) < 4.78 is 0. The third kappa shape index (κ3) is 2.05. The van der Waals surface area contributed by atoms with Gasteiger partial charge in [0.15, 0.2) is 0 Å². The minimum Gasteiger partial charge on any atom is -0.478 e. The molecule has 3 aliphatic rings. The number of hydrogen-bond donors (Lipinski definition) is 1. The Morgan fingerprint density at radius 3 is 2.88 bits per heavy atom. The first-order chi connectivity index (χ1) is 7.95. The van der Waals surface area contributed by atoms with E-state index in [1.807, 2.05) is 6.08 Å². The highest BCUT2D eigenvalue weighted by Gasteiger charge is 2.53. The van der Waals surface area contributed by atoms with Crippen molar-refractivity contribution in [3.63, 3.8) is 0 Å². The van der Waals surface area contributed by atoms with Crippen molar-refractivity contribution >= 4 is 5.97 Å². The topological polar surface area (TPSA) is 37.3 Å². The number of aliphatic carboxylic acids is 1. The SMILES string of the molecule is C=C1CCC2CC1C2(C)CCC=C(C)C(=O)O. The number of carbonyl (C=O) groups is 1. The van der Waals surface area contributed by atoms with Gasteiger partial charge in [0.05, 0.1) is 0 Å². The summed E-state index contributed by atoms with van der Waals surface area (Å²) in [6.45, 7) is 8.22. The van der Waals surface area contributed by atoms with Crippen molar-refractivity contribution in [2.45, 2.75) is 46.0 Å². The molecular formula is C15H22O2. The number of hydrogen-bond acceptors (Lipinski definition) is 1. The summed E-state index contributed by atoms with van der Waals surface area (Å²) in [4.78, 5) is 10.7. The molecule has 17 heavy (non-hydrogen) atoms. The normalized spacial score (nSPS) is 36.6. The minimum atomic E-state index is -0.798. The van der Waals surface area contributed by atoms with E-state index < -0.39 is 5.97 Å². The maximum atomic E-state index is 10.7. The van der Waals surface area contributed by atoms with Gasteiger partial charge >= 0.3 is 5.97 Å². The zero-order chi connectivity index (χ0) is 12.6. The Morgan fingerprint density at radius 1 is 1.65 bits per heavy atom. The van der Waals surface area contributed by atoms with Crippen LogP contribution in [0.3, 0.4) is 0 Å². The first-order valence-electron chi connectivity index (χ1n) is 6.53. The predicted octanol–water partition coefficient (Wildman–Crippen LogP) is 3.79. The zero-order valence-corrected chi connectivity index (χ0v) is 10.8. The molecule has 0 spiro atoms. The monoisotopic (exact) mass is 234 g/mol. The fourth-order valence-electron chi connectivity index (χ4n) is 3.63. The molecule has 2 heteroatoms. The van der Waals surface area contributed by atoms with E-state index in [1.165, 1.54) is 24.8 Å². The highest BCUT2D eigenvalue weighted by Crippen LogP contribution is 2.63. The molecule has 3 rings (SSSR count). The van der Waals surface area contributed by atoms with E-state index in [2.05, 4.69) is 13.5 Å². The van der Waals surface area contributed by atoms with E-state index in [9.17, 15) is 4.79 Å². The molecule has 0 amide bonds. The van der Waals surface area contributed by atoms with Crippen LogP contribution in [0.5, 0.6) is 0 Å². The highest BCUT2D eigenvalue weighted by molar-refractivity contribution is 5.85. The van der Waals surface area contributed by atoms with Crippen LogP contribution in [0.15, 0.2) is 23.8 Å². The molecule has 2 nitrogen and oxygen atoms in total. The molecule has 3 unspecified atom stereocenters. The molecule has 3 aliphatic carbocycles. The van der Waals surface area contributed by atoms with Crippen LogP contribution in [-0.2, 0) is 4.79 Å². The summed E-state index contributed by atoms with van der Waals surface area (Å²) in [5.41, 5.74) is 2.29. The lowest BCUT2D eigenvalue weighted by Crippen LogP contribution is -2.50. The van der Waals surface area contributed by atoms with Crippen LogP contribution in [0.1, 0.15) is 46.0 Å². The summed E-state index contributed by atoms with van der Waals surface area (Å²) in [5.74, 6) is 0.740. The fourth-order valence-corrected chi connectivity index (χ4v) is 3.63. The molecule has 2 bridgehead atoms. The molecule has 3 atom stereocenters. The van der Waals surface area contributed by atoms with E-state index in [1.54, 1.807) is 6.92 Å². The van der Waals surface area contributed by atoms with Crippen LogP contribution in [0.4, 0.5) is 0 Å². The van der Waals surface area contributed by atoms with Gasteiger partial charge in [0, 0.05) is 5.57 Å². The summed E-state index contributed by atoms with van der Waals surface area (Å²) in [6.07, 6.45) is 7.66. The fraction of sp³-hybridized carbons (Fsp3) is 0.667. The van der Waals surface area contributed by atoms with Gasteiger partial charge in [0.25, 0.3) is 0 Å². The van der Waals surface area contributed by atoms with Crippen molar-refractivity contribution in [2.75, 3.05) is 0 Å². The number of carboxylic acids is 1. The molecule has 3 saturated carbocycles. The van der Waals surface area contributed by atoms with Gasteiger partial charge in [-0.3, -0.25) is 0 Å². The lowest BCUT2D eigenvalue weighted by atomic mass is 9.45. The quantitative estimate of drug-likeness (QED) is 0.593. The predicted molar refractivity (Wildman–Crippen MR) is 68.7 cm³/mol. The second-order valence-corrected chi connectivity index (χ2v) is 5.92. The average Bonchev–Trinajstić information content (AvgIpc) is 2.27. The van der Waals surface area contributed by atoms with Gasteiger partial charge in [-0.1, -0.05) is 25.2 Å². The molecule has 0 radical (unpaired) electrons. The minimum absolute atomic E-state index is 0.393. The van der Waals surface area contributed by atoms with Gasteiger partial charge in [-0.15, -0.1) is 0 Å².